The van der Waals surface area contributed by atoms with Gasteiger partial charge in [0.2, 0.25) is 5.95 Å². The molecule has 1 aromatic heterocycles. The molecule has 8 heteroatoms. The summed E-state index contributed by atoms with van der Waals surface area (Å²) in [5.41, 5.74) is 6.65. The summed E-state index contributed by atoms with van der Waals surface area (Å²) in [6, 6.07) is 4.70. The highest BCUT2D eigenvalue weighted by atomic mass is 19.1. The van der Waals surface area contributed by atoms with E-state index >= 15 is 0 Å². The molecule has 0 unspecified atom stereocenters. The number of rotatable bonds is 11. The number of benzene rings is 1. The summed E-state index contributed by atoms with van der Waals surface area (Å²) in [4.78, 5) is 22.7. The monoisotopic (exact) mass is 456 g/mol. The second-order valence-electron chi connectivity index (χ2n) is 9.12. The third-order valence-corrected chi connectivity index (χ3v) is 6.81. The summed E-state index contributed by atoms with van der Waals surface area (Å²) in [5, 5.41) is 0. The van der Waals surface area contributed by atoms with E-state index in [0.29, 0.717) is 30.4 Å². The van der Waals surface area contributed by atoms with Crippen LogP contribution in [0.1, 0.15) is 36.8 Å². The minimum atomic E-state index is -0.414. The van der Waals surface area contributed by atoms with Gasteiger partial charge < -0.3 is 20.1 Å². The number of methoxy groups -OCH3 is 1. The fourth-order valence-corrected chi connectivity index (χ4v) is 4.83. The number of piperidine rings is 1. The van der Waals surface area contributed by atoms with Crippen molar-refractivity contribution in [3.63, 3.8) is 0 Å². The number of anilines is 1. The van der Waals surface area contributed by atoms with Crippen molar-refractivity contribution < 1.29 is 18.7 Å². The molecule has 0 bridgehead atoms. The predicted molar refractivity (Wildman–Crippen MR) is 124 cm³/mol. The van der Waals surface area contributed by atoms with Crippen LogP contribution in [-0.2, 0) is 22.6 Å². The van der Waals surface area contributed by atoms with Crippen LogP contribution >= 0.6 is 0 Å². The highest BCUT2D eigenvalue weighted by molar-refractivity contribution is 5.82. The maximum absolute atomic E-state index is 14.2. The highest BCUT2D eigenvalue weighted by Gasteiger charge is 2.43. The van der Waals surface area contributed by atoms with Gasteiger partial charge in [0.25, 0.3) is 0 Å². The van der Waals surface area contributed by atoms with Crippen molar-refractivity contribution in [3.05, 3.63) is 47.5 Å². The largest absolute Gasteiger partial charge is 0.493 e. The fourth-order valence-electron chi connectivity index (χ4n) is 4.83. The van der Waals surface area contributed by atoms with Crippen LogP contribution in [0.5, 0.6) is 5.75 Å². The van der Waals surface area contributed by atoms with E-state index in [1.165, 1.54) is 25.3 Å². The lowest BCUT2D eigenvalue weighted by atomic mass is 9.90. The quantitative estimate of drug-likeness (QED) is 0.555. The third kappa shape index (κ3) is 6.26. The normalized spacial score (nSPS) is 20.6. The van der Waals surface area contributed by atoms with Gasteiger partial charge in [-0.2, -0.15) is 0 Å². The number of carbonyl (C=O) groups is 1. The van der Waals surface area contributed by atoms with Crippen LogP contribution in [-0.4, -0.2) is 49.1 Å². The molecule has 1 saturated heterocycles. The van der Waals surface area contributed by atoms with Crippen molar-refractivity contribution >= 4 is 11.7 Å². The first-order chi connectivity index (χ1) is 16.1. The van der Waals surface area contributed by atoms with Gasteiger partial charge in [0.1, 0.15) is 11.6 Å². The molecule has 2 heterocycles. The zero-order chi connectivity index (χ0) is 23.2. The van der Waals surface area contributed by atoms with Gasteiger partial charge in [-0.3, -0.25) is 4.79 Å². The molecule has 0 spiro atoms. The number of ketones is 1. The Morgan fingerprint density at radius 2 is 2.00 bits per heavy atom. The number of halogens is 1. The Morgan fingerprint density at radius 1 is 1.24 bits per heavy atom. The van der Waals surface area contributed by atoms with E-state index in [0.717, 1.165) is 42.9 Å². The molecule has 1 saturated carbocycles. The zero-order valence-electron chi connectivity index (χ0n) is 19.2. The summed E-state index contributed by atoms with van der Waals surface area (Å²) in [6.07, 6.45) is 8.28. The van der Waals surface area contributed by atoms with E-state index in [1.807, 2.05) is 12.4 Å². The molecule has 7 nitrogen and oxygen atoms in total. The number of ether oxygens (including phenoxy) is 2. The number of nitrogens with two attached hydrogens (primary N) is 1. The lowest BCUT2D eigenvalue weighted by Crippen LogP contribution is -2.35. The minimum Gasteiger partial charge on any atom is -0.493 e. The smallest absolute Gasteiger partial charge is 0.225 e. The van der Waals surface area contributed by atoms with E-state index in [-0.39, 0.29) is 18.7 Å². The highest BCUT2D eigenvalue weighted by Crippen LogP contribution is 2.49. The topological polar surface area (TPSA) is 90.6 Å². The molecule has 2 atom stereocenters. The lowest BCUT2D eigenvalue weighted by molar-refractivity contribution is -0.117. The molecule has 2 aromatic rings. The molecule has 1 aliphatic heterocycles. The van der Waals surface area contributed by atoms with Gasteiger partial charge in [-0.25, -0.2) is 14.4 Å². The Hall–Kier alpha value is -2.58. The van der Waals surface area contributed by atoms with Crippen LogP contribution in [0.2, 0.25) is 0 Å². The van der Waals surface area contributed by atoms with Gasteiger partial charge in [0, 0.05) is 50.6 Å². The van der Waals surface area contributed by atoms with E-state index in [1.54, 1.807) is 19.2 Å². The molecule has 4 rings (SSSR count). The molecule has 2 aliphatic rings. The molecule has 0 radical (unpaired) electrons. The van der Waals surface area contributed by atoms with Crippen LogP contribution in [0, 0.1) is 23.6 Å². The van der Waals surface area contributed by atoms with E-state index < -0.39 is 5.82 Å². The maximum Gasteiger partial charge on any atom is 0.225 e. The van der Waals surface area contributed by atoms with E-state index in [9.17, 15) is 9.18 Å². The van der Waals surface area contributed by atoms with Crippen molar-refractivity contribution in [2.24, 2.45) is 23.5 Å². The molecule has 1 aliphatic carbocycles. The molecule has 2 N–H and O–H groups in total. The summed E-state index contributed by atoms with van der Waals surface area (Å²) >= 11 is 0. The standard InChI is InChI=1S/C25H33FN4O3/c1-32-16-17-14-28-25(29-15-17)30-7-4-18(5-8-30)23-11-19(23)6-9-33-22-3-2-20(24(26)12-22)10-21(31)13-27/h2-3,12,14-15,18-19,23H,4-11,13,16,27H2,1H3/t19-,23-/m1/s1. The van der Waals surface area contributed by atoms with Gasteiger partial charge in [-0.1, -0.05) is 6.07 Å². The van der Waals surface area contributed by atoms with Crippen molar-refractivity contribution in [1.82, 2.24) is 9.97 Å². The molecular formula is C25H33FN4O3. The van der Waals surface area contributed by atoms with Gasteiger partial charge >= 0.3 is 0 Å². The maximum atomic E-state index is 14.2. The summed E-state index contributed by atoms with van der Waals surface area (Å²) in [6.45, 7) is 3.03. The Bertz CT molecular complexity index is 932. The first kappa shape index (κ1) is 23.6. The number of carbonyl (C=O) groups excluding carboxylic acids is 1. The first-order valence-electron chi connectivity index (χ1n) is 11.7. The average molecular weight is 457 g/mol. The number of Topliss-reactive ketones (excluding diaryl/α,β-unsaturated/α-hetero) is 1. The molecule has 33 heavy (non-hydrogen) atoms. The number of hydrogen-bond donors (Lipinski definition) is 1. The van der Waals surface area contributed by atoms with Crippen LogP contribution in [0.25, 0.3) is 0 Å². The minimum absolute atomic E-state index is 0.0242. The van der Waals surface area contributed by atoms with Gasteiger partial charge in [-0.15, -0.1) is 0 Å². The molecule has 1 aromatic carbocycles. The van der Waals surface area contributed by atoms with Gasteiger partial charge in [0.15, 0.2) is 5.78 Å². The molecule has 2 fully saturated rings. The predicted octanol–water partition coefficient (Wildman–Crippen LogP) is 3.15. The second-order valence-corrected chi connectivity index (χ2v) is 9.12. The fraction of sp³-hybridized carbons (Fsp3) is 0.560. The van der Waals surface area contributed by atoms with E-state index in [4.69, 9.17) is 15.2 Å². The summed E-state index contributed by atoms with van der Waals surface area (Å²) in [5.74, 6) is 2.93. The van der Waals surface area contributed by atoms with Crippen LogP contribution in [0.3, 0.4) is 0 Å². The summed E-state index contributed by atoms with van der Waals surface area (Å²) in [7, 11) is 1.67. The number of aromatic nitrogens is 2. The lowest BCUT2D eigenvalue weighted by Gasteiger charge is -2.32. The van der Waals surface area contributed by atoms with Crippen LogP contribution in [0.4, 0.5) is 10.3 Å². The Labute approximate surface area is 194 Å². The van der Waals surface area contributed by atoms with Crippen molar-refractivity contribution in [2.45, 2.75) is 38.7 Å². The van der Waals surface area contributed by atoms with Gasteiger partial charge in [-0.05, 0) is 55.1 Å². The van der Waals surface area contributed by atoms with Crippen molar-refractivity contribution in [3.8, 4) is 5.75 Å². The second kappa shape index (κ2) is 11.0. The van der Waals surface area contributed by atoms with Gasteiger partial charge in [0.05, 0.1) is 19.8 Å². The Balaban J connectivity index is 1.16. The summed E-state index contributed by atoms with van der Waals surface area (Å²) < 4.78 is 25.1. The van der Waals surface area contributed by atoms with Crippen LogP contribution in [0.15, 0.2) is 30.6 Å². The average Bonchev–Trinajstić information content (AvgIpc) is 3.61. The van der Waals surface area contributed by atoms with E-state index in [2.05, 4.69) is 14.9 Å². The van der Waals surface area contributed by atoms with Crippen LogP contribution < -0.4 is 15.4 Å². The number of nitrogens with zero attached hydrogens (tertiary/aromatic N) is 3. The number of hydrogen-bond acceptors (Lipinski definition) is 7. The van der Waals surface area contributed by atoms with Crippen molar-refractivity contribution in [1.29, 1.82) is 0 Å². The molecule has 178 valence electrons. The van der Waals surface area contributed by atoms with Crippen molar-refractivity contribution in [2.75, 3.05) is 38.3 Å². The molecule has 0 amide bonds. The Kier molecular flexibility index (Phi) is 7.88. The zero-order valence-corrected chi connectivity index (χ0v) is 19.2. The Morgan fingerprint density at radius 3 is 2.67 bits per heavy atom. The molecular weight excluding hydrogens is 423 g/mol. The SMILES string of the molecule is COCc1cnc(N2CCC([C@H]3C[C@H]3CCOc3ccc(CC(=O)CN)c(F)c3)CC2)nc1. The first-order valence-corrected chi connectivity index (χ1v) is 11.7. The third-order valence-electron chi connectivity index (χ3n) is 6.81.